The van der Waals surface area contributed by atoms with Crippen LogP contribution in [-0.4, -0.2) is 50.3 Å². The van der Waals surface area contributed by atoms with E-state index in [9.17, 15) is 14.4 Å². The van der Waals surface area contributed by atoms with E-state index in [0.29, 0.717) is 30.8 Å². The SMILES string of the molecule is COCCCNC(=O)c1ccccc1NC(=S)NC(=O)c1cccc(C(=O)OC)c1. The van der Waals surface area contributed by atoms with Crippen LogP contribution in [0.2, 0.25) is 0 Å². The van der Waals surface area contributed by atoms with Crippen molar-refractivity contribution in [2.45, 2.75) is 6.42 Å². The number of benzene rings is 2. The second-order valence-electron chi connectivity index (χ2n) is 6.13. The molecular weight excluding hydrogens is 406 g/mol. The van der Waals surface area contributed by atoms with Crippen molar-refractivity contribution < 1.29 is 23.9 Å². The van der Waals surface area contributed by atoms with E-state index < -0.39 is 11.9 Å². The van der Waals surface area contributed by atoms with E-state index in [1.54, 1.807) is 49.6 Å². The molecule has 2 aromatic rings. The van der Waals surface area contributed by atoms with Gasteiger partial charge in [0.1, 0.15) is 0 Å². The minimum atomic E-state index is -0.546. The molecule has 0 saturated heterocycles. The van der Waals surface area contributed by atoms with Gasteiger partial charge in [-0.1, -0.05) is 18.2 Å². The molecule has 8 nitrogen and oxygen atoms in total. The Hall–Kier alpha value is -3.30. The predicted octanol–water partition coefficient (Wildman–Crippen LogP) is 2.37. The molecule has 0 fully saturated rings. The molecule has 0 unspecified atom stereocenters. The third-order valence-corrected chi connectivity index (χ3v) is 4.21. The fourth-order valence-electron chi connectivity index (χ4n) is 2.54. The van der Waals surface area contributed by atoms with Gasteiger partial charge in [-0.15, -0.1) is 0 Å². The maximum Gasteiger partial charge on any atom is 0.337 e. The minimum Gasteiger partial charge on any atom is -0.465 e. The van der Waals surface area contributed by atoms with Gasteiger partial charge in [-0.2, -0.15) is 0 Å². The van der Waals surface area contributed by atoms with Crippen molar-refractivity contribution in [3.05, 3.63) is 65.2 Å². The standard InChI is InChI=1S/C21H23N3O5S/c1-28-12-6-11-22-19(26)16-9-3-4-10-17(16)23-21(30)24-18(25)14-7-5-8-15(13-14)20(27)29-2/h3-5,7-10,13H,6,11-12H2,1-2H3,(H,22,26)(H2,23,24,25,30). The molecule has 0 aliphatic heterocycles. The van der Waals surface area contributed by atoms with Gasteiger partial charge in [0.2, 0.25) is 0 Å². The van der Waals surface area contributed by atoms with Crippen LogP contribution in [0.25, 0.3) is 0 Å². The first kappa shape index (κ1) is 23.0. The van der Waals surface area contributed by atoms with Crippen molar-refractivity contribution in [3.8, 4) is 0 Å². The molecule has 0 aromatic heterocycles. The number of anilines is 1. The van der Waals surface area contributed by atoms with Gasteiger partial charge in [0.25, 0.3) is 11.8 Å². The Labute approximate surface area is 179 Å². The second-order valence-corrected chi connectivity index (χ2v) is 6.54. The molecule has 2 aromatic carbocycles. The van der Waals surface area contributed by atoms with E-state index in [4.69, 9.17) is 17.0 Å². The molecule has 0 saturated carbocycles. The van der Waals surface area contributed by atoms with Gasteiger partial charge >= 0.3 is 5.97 Å². The fraction of sp³-hybridized carbons (Fsp3) is 0.238. The lowest BCUT2D eigenvalue weighted by atomic mass is 10.1. The summed E-state index contributed by atoms with van der Waals surface area (Å²) in [5, 5.41) is 8.22. The lowest BCUT2D eigenvalue weighted by molar-refractivity contribution is 0.0600. The molecular formula is C21H23N3O5S. The summed E-state index contributed by atoms with van der Waals surface area (Å²) < 4.78 is 9.61. The van der Waals surface area contributed by atoms with Crippen molar-refractivity contribution in [2.24, 2.45) is 0 Å². The number of methoxy groups -OCH3 is 2. The van der Waals surface area contributed by atoms with E-state index in [0.717, 1.165) is 0 Å². The van der Waals surface area contributed by atoms with Crippen molar-refractivity contribution >= 4 is 40.8 Å². The number of esters is 1. The van der Waals surface area contributed by atoms with Crippen LogP contribution in [0.15, 0.2) is 48.5 Å². The van der Waals surface area contributed by atoms with E-state index in [-0.39, 0.29) is 22.1 Å². The van der Waals surface area contributed by atoms with E-state index >= 15 is 0 Å². The maximum absolute atomic E-state index is 12.4. The zero-order valence-electron chi connectivity index (χ0n) is 16.7. The first-order valence-electron chi connectivity index (χ1n) is 9.13. The van der Waals surface area contributed by atoms with Crippen LogP contribution in [0, 0.1) is 0 Å². The molecule has 0 heterocycles. The van der Waals surface area contributed by atoms with Crippen molar-refractivity contribution in [3.63, 3.8) is 0 Å². The van der Waals surface area contributed by atoms with Gasteiger partial charge in [-0.25, -0.2) is 4.79 Å². The number of carbonyl (C=O) groups excluding carboxylic acids is 3. The molecule has 30 heavy (non-hydrogen) atoms. The van der Waals surface area contributed by atoms with Crippen LogP contribution in [0.4, 0.5) is 5.69 Å². The average Bonchev–Trinajstić information content (AvgIpc) is 2.76. The van der Waals surface area contributed by atoms with Crippen LogP contribution < -0.4 is 16.0 Å². The Morgan fingerprint density at radius 2 is 1.70 bits per heavy atom. The fourth-order valence-corrected chi connectivity index (χ4v) is 2.74. The van der Waals surface area contributed by atoms with Gasteiger partial charge in [0, 0.05) is 25.8 Å². The highest BCUT2D eigenvalue weighted by Gasteiger charge is 2.14. The number of amides is 2. The van der Waals surface area contributed by atoms with Crippen molar-refractivity contribution in [2.75, 3.05) is 32.7 Å². The molecule has 0 aliphatic rings. The van der Waals surface area contributed by atoms with Crippen LogP contribution in [0.5, 0.6) is 0 Å². The van der Waals surface area contributed by atoms with Crippen LogP contribution in [0.1, 0.15) is 37.5 Å². The smallest absolute Gasteiger partial charge is 0.337 e. The highest BCUT2D eigenvalue weighted by atomic mass is 32.1. The summed E-state index contributed by atoms with van der Waals surface area (Å²) in [6.45, 7) is 1.02. The number of hydrogen-bond donors (Lipinski definition) is 3. The zero-order valence-corrected chi connectivity index (χ0v) is 17.5. The highest BCUT2D eigenvalue weighted by molar-refractivity contribution is 7.80. The third-order valence-electron chi connectivity index (χ3n) is 4.00. The number of hydrogen-bond acceptors (Lipinski definition) is 6. The minimum absolute atomic E-state index is 0.0168. The topological polar surface area (TPSA) is 106 Å². The Morgan fingerprint density at radius 1 is 0.967 bits per heavy atom. The number of rotatable bonds is 8. The third kappa shape index (κ3) is 6.64. The summed E-state index contributed by atoms with van der Waals surface area (Å²) in [6, 6.07) is 12.9. The molecule has 3 N–H and O–H groups in total. The van der Waals surface area contributed by atoms with E-state index in [2.05, 4.69) is 20.7 Å². The lowest BCUT2D eigenvalue weighted by Gasteiger charge is -2.14. The van der Waals surface area contributed by atoms with Crippen molar-refractivity contribution in [1.82, 2.24) is 10.6 Å². The summed E-state index contributed by atoms with van der Waals surface area (Å²) in [5.74, 6) is -1.32. The summed E-state index contributed by atoms with van der Waals surface area (Å²) in [6.07, 6.45) is 0.691. The Bertz CT molecular complexity index is 932. The van der Waals surface area contributed by atoms with Gasteiger partial charge in [0.15, 0.2) is 5.11 Å². The van der Waals surface area contributed by atoms with Gasteiger partial charge in [0.05, 0.1) is 23.9 Å². The van der Waals surface area contributed by atoms with E-state index in [1.807, 2.05) is 0 Å². The average molecular weight is 429 g/mol. The molecule has 0 aliphatic carbocycles. The Balaban J connectivity index is 2.02. The number of carbonyl (C=O) groups is 3. The number of para-hydroxylation sites is 1. The summed E-state index contributed by atoms with van der Waals surface area (Å²) in [5.41, 5.74) is 1.33. The zero-order chi connectivity index (χ0) is 21.9. The second kappa shape index (κ2) is 11.6. The number of ether oxygens (including phenoxy) is 2. The van der Waals surface area contributed by atoms with E-state index in [1.165, 1.54) is 13.2 Å². The summed E-state index contributed by atoms with van der Waals surface area (Å²) in [4.78, 5) is 36.5. The van der Waals surface area contributed by atoms with Gasteiger partial charge in [-0.3, -0.25) is 14.9 Å². The molecule has 0 bridgehead atoms. The summed E-state index contributed by atoms with van der Waals surface area (Å²) in [7, 11) is 2.86. The van der Waals surface area contributed by atoms with Gasteiger partial charge in [-0.05, 0) is 49.0 Å². The molecule has 9 heteroatoms. The molecule has 0 radical (unpaired) electrons. The normalized spacial score (nSPS) is 10.1. The maximum atomic E-state index is 12.4. The highest BCUT2D eigenvalue weighted by Crippen LogP contribution is 2.15. The molecule has 0 spiro atoms. The number of thiocarbonyl (C=S) groups is 1. The molecule has 0 atom stereocenters. The molecule has 158 valence electrons. The lowest BCUT2D eigenvalue weighted by Crippen LogP contribution is -2.35. The van der Waals surface area contributed by atoms with Crippen LogP contribution in [0.3, 0.4) is 0 Å². The van der Waals surface area contributed by atoms with Gasteiger partial charge < -0.3 is 20.1 Å². The first-order valence-corrected chi connectivity index (χ1v) is 9.54. The number of nitrogens with one attached hydrogen (secondary N) is 3. The van der Waals surface area contributed by atoms with Crippen molar-refractivity contribution in [1.29, 1.82) is 0 Å². The Kier molecular flexibility index (Phi) is 8.92. The quantitative estimate of drug-likeness (QED) is 0.336. The monoisotopic (exact) mass is 429 g/mol. The van der Waals surface area contributed by atoms with Crippen LogP contribution >= 0.6 is 12.2 Å². The Morgan fingerprint density at radius 3 is 2.43 bits per heavy atom. The first-order chi connectivity index (χ1) is 14.5. The molecule has 2 amide bonds. The largest absolute Gasteiger partial charge is 0.465 e. The van der Waals surface area contributed by atoms with Crippen LogP contribution in [-0.2, 0) is 9.47 Å². The summed E-state index contributed by atoms with van der Waals surface area (Å²) >= 11 is 5.20. The molecule has 2 rings (SSSR count). The predicted molar refractivity (Wildman–Crippen MR) is 117 cm³/mol.